The molecule has 0 unspecified atom stereocenters. The molecule has 0 spiro atoms. The van der Waals surface area contributed by atoms with Crippen molar-refractivity contribution in [3.63, 3.8) is 0 Å². The average molecular weight is 230 g/mol. The van der Waals surface area contributed by atoms with Gasteiger partial charge in [-0.15, -0.1) is 0 Å². The van der Waals surface area contributed by atoms with Crippen LogP contribution in [-0.4, -0.2) is 23.4 Å². The third kappa shape index (κ3) is 8.12. The molecule has 2 nitrogen and oxygen atoms in total. The highest BCUT2D eigenvalue weighted by molar-refractivity contribution is 4.76. The van der Waals surface area contributed by atoms with Gasteiger partial charge < -0.3 is 9.47 Å². The second-order valence-corrected chi connectivity index (χ2v) is 6.69. The van der Waals surface area contributed by atoms with Crippen LogP contribution in [0.5, 0.6) is 0 Å². The van der Waals surface area contributed by atoms with Gasteiger partial charge in [0.25, 0.3) is 0 Å². The number of hydrogen-bond donors (Lipinski definition) is 0. The van der Waals surface area contributed by atoms with E-state index in [1.54, 1.807) is 0 Å². The van der Waals surface area contributed by atoms with Gasteiger partial charge in [0, 0.05) is 6.61 Å². The Morgan fingerprint density at radius 2 is 1.31 bits per heavy atom. The summed E-state index contributed by atoms with van der Waals surface area (Å²) >= 11 is 0. The van der Waals surface area contributed by atoms with Crippen molar-refractivity contribution >= 4 is 0 Å². The van der Waals surface area contributed by atoms with Crippen LogP contribution in [-0.2, 0) is 9.47 Å². The van der Waals surface area contributed by atoms with E-state index in [4.69, 9.17) is 9.47 Å². The first kappa shape index (κ1) is 15.9. The Hall–Kier alpha value is -0.0800. The van der Waals surface area contributed by atoms with Gasteiger partial charge in [0.1, 0.15) is 0 Å². The van der Waals surface area contributed by atoms with E-state index in [0.29, 0.717) is 0 Å². The summed E-state index contributed by atoms with van der Waals surface area (Å²) in [5, 5.41) is 0. The molecule has 16 heavy (non-hydrogen) atoms. The molecule has 0 aliphatic rings. The molecule has 0 radical (unpaired) electrons. The smallest absolute Gasteiger partial charge is 0.0655 e. The van der Waals surface area contributed by atoms with E-state index in [9.17, 15) is 0 Å². The highest BCUT2D eigenvalue weighted by Crippen LogP contribution is 2.26. The van der Waals surface area contributed by atoms with E-state index in [2.05, 4.69) is 55.4 Å². The number of rotatable bonds is 6. The Bertz CT molecular complexity index is 199. The predicted molar refractivity (Wildman–Crippen MR) is 69.9 cm³/mol. The molecule has 0 fully saturated rings. The second kappa shape index (κ2) is 5.50. The van der Waals surface area contributed by atoms with E-state index < -0.39 is 0 Å². The third-order valence-electron chi connectivity index (χ3n) is 2.64. The van der Waals surface area contributed by atoms with E-state index in [1.165, 1.54) is 0 Å². The van der Waals surface area contributed by atoms with Crippen LogP contribution < -0.4 is 0 Å². The summed E-state index contributed by atoms with van der Waals surface area (Å²) in [6, 6.07) is 0. The molecule has 98 valence electrons. The average Bonchev–Trinajstić information content (AvgIpc) is 1.99. The first-order valence-corrected chi connectivity index (χ1v) is 6.32. The summed E-state index contributed by atoms with van der Waals surface area (Å²) < 4.78 is 11.8. The van der Waals surface area contributed by atoms with Gasteiger partial charge in [0.15, 0.2) is 0 Å². The maximum atomic E-state index is 6.11. The fourth-order valence-corrected chi connectivity index (χ4v) is 1.47. The minimum Gasteiger partial charge on any atom is -0.376 e. The van der Waals surface area contributed by atoms with E-state index in [-0.39, 0.29) is 16.8 Å². The minimum absolute atomic E-state index is 0.0504. The molecule has 2 heteroatoms. The molecule has 0 aromatic heterocycles. The van der Waals surface area contributed by atoms with E-state index in [0.717, 1.165) is 19.4 Å². The Kier molecular flexibility index (Phi) is 5.48. The normalized spacial score (nSPS) is 14.2. The standard InChI is InChI=1S/C14H30O2/c1-9-13(5,6)16-14(7,8)10-11-15-12(2,3)4/h9-11H2,1-8H3. The summed E-state index contributed by atoms with van der Waals surface area (Å²) in [6.07, 6.45) is 1.95. The summed E-state index contributed by atoms with van der Waals surface area (Å²) in [7, 11) is 0. The minimum atomic E-state index is -0.120. The molecule has 0 amide bonds. The number of ether oxygens (including phenoxy) is 2. The molecule has 0 aliphatic heterocycles. The van der Waals surface area contributed by atoms with Gasteiger partial charge >= 0.3 is 0 Å². The molecular weight excluding hydrogens is 200 g/mol. The predicted octanol–water partition coefficient (Wildman–Crippen LogP) is 4.18. The van der Waals surface area contributed by atoms with Crippen LogP contribution in [0.25, 0.3) is 0 Å². The lowest BCUT2D eigenvalue weighted by Gasteiger charge is -2.36. The van der Waals surface area contributed by atoms with Crippen molar-refractivity contribution in [2.75, 3.05) is 6.61 Å². The van der Waals surface area contributed by atoms with Crippen LogP contribution >= 0.6 is 0 Å². The Morgan fingerprint density at radius 3 is 1.69 bits per heavy atom. The summed E-state index contributed by atoms with van der Waals surface area (Å²) in [5.74, 6) is 0. The molecule has 0 heterocycles. The molecule has 0 aromatic rings. The molecular formula is C14H30O2. The Labute approximate surface area is 102 Å². The molecule has 0 saturated carbocycles. The van der Waals surface area contributed by atoms with Crippen LogP contribution in [0.3, 0.4) is 0 Å². The SMILES string of the molecule is CCC(C)(C)OC(C)(C)CCOC(C)(C)C. The van der Waals surface area contributed by atoms with Crippen molar-refractivity contribution in [3.05, 3.63) is 0 Å². The van der Waals surface area contributed by atoms with Crippen molar-refractivity contribution in [1.29, 1.82) is 0 Å². The zero-order valence-electron chi connectivity index (χ0n) is 12.4. The fraction of sp³-hybridized carbons (Fsp3) is 1.00. The first-order valence-electron chi connectivity index (χ1n) is 6.32. The van der Waals surface area contributed by atoms with Crippen LogP contribution in [0.2, 0.25) is 0 Å². The van der Waals surface area contributed by atoms with Crippen molar-refractivity contribution < 1.29 is 9.47 Å². The van der Waals surface area contributed by atoms with Gasteiger partial charge in [-0.05, 0) is 61.3 Å². The van der Waals surface area contributed by atoms with Crippen LogP contribution in [0.4, 0.5) is 0 Å². The lowest BCUT2D eigenvalue weighted by Crippen LogP contribution is -2.38. The molecule has 0 bridgehead atoms. The molecule has 0 aromatic carbocycles. The molecule has 0 rings (SSSR count). The van der Waals surface area contributed by atoms with E-state index in [1.807, 2.05) is 0 Å². The Morgan fingerprint density at radius 1 is 0.812 bits per heavy atom. The van der Waals surface area contributed by atoms with Crippen molar-refractivity contribution in [3.8, 4) is 0 Å². The largest absolute Gasteiger partial charge is 0.376 e. The highest BCUT2D eigenvalue weighted by atomic mass is 16.5. The first-order chi connectivity index (χ1) is 6.97. The van der Waals surface area contributed by atoms with Gasteiger partial charge in [-0.25, -0.2) is 0 Å². The Balaban J connectivity index is 4.06. The van der Waals surface area contributed by atoms with Crippen molar-refractivity contribution in [2.45, 2.75) is 85.0 Å². The highest BCUT2D eigenvalue weighted by Gasteiger charge is 2.28. The third-order valence-corrected chi connectivity index (χ3v) is 2.64. The van der Waals surface area contributed by atoms with Crippen molar-refractivity contribution in [2.24, 2.45) is 0 Å². The molecule has 0 atom stereocenters. The van der Waals surface area contributed by atoms with Crippen LogP contribution in [0.1, 0.15) is 68.2 Å². The summed E-state index contributed by atoms with van der Waals surface area (Å²) in [4.78, 5) is 0. The summed E-state index contributed by atoms with van der Waals surface area (Å²) in [5.41, 5.74) is -0.230. The van der Waals surface area contributed by atoms with E-state index >= 15 is 0 Å². The zero-order valence-corrected chi connectivity index (χ0v) is 12.4. The maximum absolute atomic E-state index is 6.11. The lowest BCUT2D eigenvalue weighted by molar-refractivity contribution is -0.139. The zero-order chi connectivity index (χ0) is 13.0. The van der Waals surface area contributed by atoms with Gasteiger partial charge in [-0.3, -0.25) is 0 Å². The van der Waals surface area contributed by atoms with Gasteiger partial charge in [0.05, 0.1) is 16.8 Å². The van der Waals surface area contributed by atoms with Gasteiger partial charge in [-0.2, -0.15) is 0 Å². The van der Waals surface area contributed by atoms with Gasteiger partial charge in [0.2, 0.25) is 0 Å². The van der Waals surface area contributed by atoms with Gasteiger partial charge in [-0.1, -0.05) is 6.92 Å². The molecule has 0 saturated heterocycles. The fourth-order valence-electron chi connectivity index (χ4n) is 1.47. The lowest BCUT2D eigenvalue weighted by atomic mass is 10.0. The monoisotopic (exact) mass is 230 g/mol. The molecule has 0 N–H and O–H groups in total. The van der Waals surface area contributed by atoms with Crippen LogP contribution in [0.15, 0.2) is 0 Å². The molecule has 0 aliphatic carbocycles. The second-order valence-electron chi connectivity index (χ2n) is 6.69. The van der Waals surface area contributed by atoms with Crippen LogP contribution in [0, 0.1) is 0 Å². The topological polar surface area (TPSA) is 18.5 Å². The quantitative estimate of drug-likeness (QED) is 0.681. The maximum Gasteiger partial charge on any atom is 0.0655 e. The number of hydrogen-bond acceptors (Lipinski definition) is 2. The summed E-state index contributed by atoms with van der Waals surface area (Å²) in [6.45, 7) is 17.7. The van der Waals surface area contributed by atoms with Crippen molar-refractivity contribution in [1.82, 2.24) is 0 Å².